The number of rotatable bonds is 5. The van der Waals surface area contributed by atoms with E-state index >= 15 is 0 Å². The van der Waals surface area contributed by atoms with E-state index in [9.17, 15) is 22.4 Å². The minimum absolute atomic E-state index is 0.227. The van der Waals surface area contributed by atoms with Crippen LogP contribution in [0.25, 0.3) is 0 Å². The van der Waals surface area contributed by atoms with Gasteiger partial charge in [0.25, 0.3) is 0 Å². The molecule has 1 aliphatic heterocycles. The van der Waals surface area contributed by atoms with E-state index in [1.165, 1.54) is 24.4 Å². The van der Waals surface area contributed by atoms with Crippen LogP contribution in [0.4, 0.5) is 23.2 Å². The fourth-order valence-electron chi connectivity index (χ4n) is 3.28. The van der Waals surface area contributed by atoms with Gasteiger partial charge in [-0.25, -0.2) is 9.82 Å². The van der Waals surface area contributed by atoms with Gasteiger partial charge in [0.2, 0.25) is 5.91 Å². The third kappa shape index (κ3) is 5.34. The number of hydrogen-bond acceptors (Lipinski definition) is 3. The zero-order chi connectivity index (χ0) is 21.0. The number of hydrazone groups is 1. The Balaban J connectivity index is 1.62. The molecule has 0 saturated carbocycles. The summed E-state index contributed by atoms with van der Waals surface area (Å²) in [5, 5.41) is 3.81. The second-order valence-electron chi connectivity index (χ2n) is 7.02. The van der Waals surface area contributed by atoms with Crippen LogP contribution in [0.3, 0.4) is 0 Å². The number of halogens is 4. The van der Waals surface area contributed by atoms with Crippen molar-refractivity contribution in [3.63, 3.8) is 0 Å². The quantitative estimate of drug-likeness (QED) is 0.452. The number of aryl methyl sites for hydroxylation is 1. The van der Waals surface area contributed by atoms with Gasteiger partial charge < -0.3 is 4.90 Å². The molecule has 1 saturated heterocycles. The Morgan fingerprint density at radius 1 is 1.21 bits per heavy atom. The lowest BCUT2D eigenvalue weighted by Crippen LogP contribution is -2.20. The summed E-state index contributed by atoms with van der Waals surface area (Å²) in [4.78, 5) is 14.0. The van der Waals surface area contributed by atoms with Crippen LogP contribution in [0.1, 0.15) is 35.1 Å². The Bertz CT molecular complexity index is 919. The summed E-state index contributed by atoms with van der Waals surface area (Å²) < 4.78 is 52.6. The normalized spacial score (nSPS) is 14.6. The summed E-state index contributed by atoms with van der Waals surface area (Å²) in [6.07, 6.45) is -1.30. The van der Waals surface area contributed by atoms with Gasteiger partial charge in [0.1, 0.15) is 5.82 Å². The van der Waals surface area contributed by atoms with Crippen LogP contribution < -0.4 is 10.3 Å². The average molecular weight is 407 g/mol. The summed E-state index contributed by atoms with van der Waals surface area (Å²) in [6, 6.07) is 7.69. The van der Waals surface area contributed by atoms with Crippen LogP contribution >= 0.6 is 0 Å². The van der Waals surface area contributed by atoms with Crippen LogP contribution in [0.15, 0.2) is 41.5 Å². The van der Waals surface area contributed by atoms with Gasteiger partial charge in [-0.15, -0.1) is 0 Å². The third-order valence-electron chi connectivity index (χ3n) is 4.79. The molecule has 3 rings (SSSR count). The third-order valence-corrected chi connectivity index (χ3v) is 4.79. The van der Waals surface area contributed by atoms with Crippen LogP contribution in [0.2, 0.25) is 0 Å². The summed E-state index contributed by atoms with van der Waals surface area (Å²) in [5.41, 5.74) is 3.58. The summed E-state index contributed by atoms with van der Waals surface area (Å²) in [7, 11) is 0. The summed E-state index contributed by atoms with van der Waals surface area (Å²) in [5.74, 6) is -0.915. The SMILES string of the molecule is Cc1cc(N2CCCC2)c(F)cc1/C=N/NC(=O)Cc1cccc(C(F)(F)F)c1. The molecule has 8 heteroatoms. The van der Waals surface area contributed by atoms with Gasteiger partial charge >= 0.3 is 6.18 Å². The van der Waals surface area contributed by atoms with Crippen molar-refractivity contribution >= 4 is 17.8 Å². The fourth-order valence-corrected chi connectivity index (χ4v) is 3.28. The molecule has 2 aromatic carbocycles. The highest BCUT2D eigenvalue weighted by Gasteiger charge is 2.30. The Kier molecular flexibility index (Phi) is 6.20. The van der Waals surface area contributed by atoms with E-state index < -0.39 is 17.6 Å². The predicted octanol–water partition coefficient (Wildman–Crippen LogP) is 4.45. The van der Waals surface area contributed by atoms with Crippen molar-refractivity contribution < 1.29 is 22.4 Å². The fraction of sp³-hybridized carbons (Fsp3) is 0.333. The smallest absolute Gasteiger partial charge is 0.369 e. The molecular formula is C21H21F4N3O. The highest BCUT2D eigenvalue weighted by molar-refractivity contribution is 5.85. The molecule has 0 spiro atoms. The lowest BCUT2D eigenvalue weighted by Gasteiger charge is -2.19. The van der Waals surface area contributed by atoms with Crippen molar-refractivity contribution in [3.8, 4) is 0 Å². The van der Waals surface area contributed by atoms with Gasteiger partial charge in [0.15, 0.2) is 0 Å². The minimum Gasteiger partial charge on any atom is -0.369 e. The van der Waals surface area contributed by atoms with Crippen LogP contribution in [-0.4, -0.2) is 25.2 Å². The second kappa shape index (κ2) is 8.63. The molecule has 1 heterocycles. The number of carbonyl (C=O) groups excluding carboxylic acids is 1. The van der Waals surface area contributed by atoms with Gasteiger partial charge in [-0.3, -0.25) is 4.79 Å². The van der Waals surface area contributed by atoms with E-state index in [0.717, 1.165) is 43.6 Å². The molecule has 0 unspecified atom stereocenters. The second-order valence-corrected chi connectivity index (χ2v) is 7.02. The van der Waals surface area contributed by atoms with Crippen molar-refractivity contribution in [2.45, 2.75) is 32.4 Å². The molecule has 1 fully saturated rings. The van der Waals surface area contributed by atoms with Crippen LogP contribution in [-0.2, 0) is 17.4 Å². The number of carbonyl (C=O) groups is 1. The molecular weight excluding hydrogens is 386 g/mol. The zero-order valence-electron chi connectivity index (χ0n) is 15.9. The van der Waals surface area contributed by atoms with E-state index in [1.54, 1.807) is 6.07 Å². The van der Waals surface area contributed by atoms with E-state index in [2.05, 4.69) is 10.5 Å². The van der Waals surface area contributed by atoms with E-state index in [-0.39, 0.29) is 17.8 Å². The maximum atomic E-state index is 14.4. The molecule has 1 amide bonds. The topological polar surface area (TPSA) is 44.7 Å². The molecule has 4 nitrogen and oxygen atoms in total. The molecule has 0 bridgehead atoms. The molecule has 0 radical (unpaired) electrons. The van der Waals surface area contributed by atoms with Gasteiger partial charge in [-0.1, -0.05) is 18.2 Å². The first-order chi connectivity index (χ1) is 13.7. The first-order valence-electron chi connectivity index (χ1n) is 9.27. The van der Waals surface area contributed by atoms with Gasteiger partial charge in [-0.2, -0.15) is 18.3 Å². The Hall–Kier alpha value is -2.90. The molecule has 0 aromatic heterocycles. The zero-order valence-corrected chi connectivity index (χ0v) is 15.9. The van der Waals surface area contributed by atoms with Crippen molar-refractivity contribution in [3.05, 3.63) is 64.5 Å². The van der Waals surface area contributed by atoms with Crippen molar-refractivity contribution in [1.82, 2.24) is 5.43 Å². The van der Waals surface area contributed by atoms with E-state index in [1.807, 2.05) is 11.8 Å². The number of nitrogens with one attached hydrogen (secondary N) is 1. The van der Waals surface area contributed by atoms with Crippen molar-refractivity contribution in [2.24, 2.45) is 5.10 Å². The van der Waals surface area contributed by atoms with Gasteiger partial charge in [0, 0.05) is 18.7 Å². The number of benzene rings is 2. The largest absolute Gasteiger partial charge is 0.416 e. The monoisotopic (exact) mass is 407 g/mol. The molecule has 29 heavy (non-hydrogen) atoms. The Morgan fingerprint density at radius 3 is 2.62 bits per heavy atom. The average Bonchev–Trinajstić information content (AvgIpc) is 3.18. The number of anilines is 1. The first-order valence-corrected chi connectivity index (χ1v) is 9.27. The highest BCUT2D eigenvalue weighted by Crippen LogP contribution is 2.29. The molecule has 0 aliphatic carbocycles. The lowest BCUT2D eigenvalue weighted by atomic mass is 10.1. The molecule has 0 atom stereocenters. The Morgan fingerprint density at radius 2 is 1.93 bits per heavy atom. The standard InChI is InChI=1S/C21H21F4N3O/c1-14-9-19(28-7-2-3-8-28)18(22)12-16(14)13-26-27-20(29)11-15-5-4-6-17(10-15)21(23,24)25/h4-6,9-10,12-13H,2-3,7-8,11H2,1H3,(H,27,29)/b26-13+. The van der Waals surface area contributed by atoms with Crippen molar-refractivity contribution in [2.75, 3.05) is 18.0 Å². The first kappa shape index (κ1) is 20.8. The maximum Gasteiger partial charge on any atom is 0.416 e. The number of amides is 1. The minimum atomic E-state index is -4.46. The lowest BCUT2D eigenvalue weighted by molar-refractivity contribution is -0.137. The summed E-state index contributed by atoms with van der Waals surface area (Å²) >= 11 is 0. The van der Waals surface area contributed by atoms with Gasteiger partial charge in [-0.05, 0) is 49.1 Å². The molecule has 154 valence electrons. The highest BCUT2D eigenvalue weighted by atomic mass is 19.4. The van der Waals surface area contributed by atoms with Crippen LogP contribution in [0, 0.1) is 12.7 Å². The number of nitrogens with zero attached hydrogens (tertiary/aromatic N) is 2. The summed E-state index contributed by atoms with van der Waals surface area (Å²) in [6.45, 7) is 3.48. The predicted molar refractivity (Wildman–Crippen MR) is 103 cm³/mol. The maximum absolute atomic E-state index is 14.4. The molecule has 2 aromatic rings. The van der Waals surface area contributed by atoms with E-state index in [4.69, 9.17) is 0 Å². The Labute approximate surface area is 166 Å². The van der Waals surface area contributed by atoms with Crippen LogP contribution in [0.5, 0.6) is 0 Å². The molecule has 1 N–H and O–H groups in total. The number of hydrogen-bond donors (Lipinski definition) is 1. The van der Waals surface area contributed by atoms with E-state index in [0.29, 0.717) is 11.3 Å². The van der Waals surface area contributed by atoms with Gasteiger partial charge in [0.05, 0.1) is 23.9 Å². The molecule has 1 aliphatic rings. The van der Waals surface area contributed by atoms with Crippen molar-refractivity contribution in [1.29, 1.82) is 0 Å². The number of alkyl halides is 3.